The van der Waals surface area contributed by atoms with E-state index in [-0.39, 0.29) is 31.1 Å². The summed E-state index contributed by atoms with van der Waals surface area (Å²) >= 11 is 0. The van der Waals surface area contributed by atoms with Crippen LogP contribution in [0.1, 0.15) is 39.5 Å². The summed E-state index contributed by atoms with van der Waals surface area (Å²) in [5, 5.41) is 11.7. The van der Waals surface area contributed by atoms with Crippen molar-refractivity contribution in [1.82, 2.24) is 15.1 Å². The second kappa shape index (κ2) is 7.85. The number of hydrogen-bond acceptors (Lipinski definition) is 3. The number of carboxylic acid groups (broad SMARTS) is 1. The van der Waals surface area contributed by atoms with Crippen molar-refractivity contribution < 1.29 is 19.5 Å². The zero-order valence-corrected chi connectivity index (χ0v) is 13.0. The van der Waals surface area contributed by atoms with Gasteiger partial charge in [-0.15, -0.1) is 0 Å². The number of carboxylic acids is 1. The summed E-state index contributed by atoms with van der Waals surface area (Å²) in [6.07, 6.45) is 4.12. The molecule has 1 rings (SSSR count). The van der Waals surface area contributed by atoms with E-state index < -0.39 is 12.0 Å². The van der Waals surface area contributed by atoms with Crippen LogP contribution in [-0.2, 0) is 9.59 Å². The van der Waals surface area contributed by atoms with Crippen LogP contribution in [0.15, 0.2) is 0 Å². The fraction of sp³-hybridized carbons (Fsp3) is 0.786. The molecule has 0 spiro atoms. The first-order chi connectivity index (χ1) is 9.84. The van der Waals surface area contributed by atoms with Crippen molar-refractivity contribution in [2.24, 2.45) is 0 Å². The van der Waals surface area contributed by atoms with Crippen molar-refractivity contribution in [1.29, 1.82) is 0 Å². The van der Waals surface area contributed by atoms with Crippen LogP contribution in [0, 0.1) is 0 Å². The number of nitrogens with one attached hydrogen (secondary N) is 1. The van der Waals surface area contributed by atoms with Gasteiger partial charge in [-0.1, -0.05) is 12.8 Å². The number of hydrogen-bond donors (Lipinski definition) is 2. The van der Waals surface area contributed by atoms with Gasteiger partial charge < -0.3 is 20.2 Å². The van der Waals surface area contributed by atoms with Crippen LogP contribution in [0.25, 0.3) is 0 Å². The highest BCUT2D eigenvalue weighted by atomic mass is 16.4. The van der Waals surface area contributed by atoms with Gasteiger partial charge in [-0.3, -0.25) is 4.79 Å². The quantitative estimate of drug-likeness (QED) is 0.762. The molecular formula is C14H25N3O4. The van der Waals surface area contributed by atoms with Gasteiger partial charge in [-0.05, 0) is 19.8 Å². The van der Waals surface area contributed by atoms with Gasteiger partial charge in [0, 0.05) is 33.1 Å². The molecular weight excluding hydrogens is 274 g/mol. The fourth-order valence-electron chi connectivity index (χ4n) is 2.59. The zero-order valence-electron chi connectivity index (χ0n) is 13.0. The maximum Gasteiger partial charge on any atom is 0.326 e. The SMILES string of the molecule is CC(=O)NCCN(C(=O)N(C)C1CCCC1)C(C)C(=O)O. The fourth-order valence-corrected chi connectivity index (χ4v) is 2.59. The molecule has 1 atom stereocenters. The Hall–Kier alpha value is -1.79. The molecule has 120 valence electrons. The maximum absolute atomic E-state index is 12.5. The number of carbonyl (C=O) groups excluding carboxylic acids is 2. The molecule has 1 aliphatic rings. The second-order valence-electron chi connectivity index (χ2n) is 5.52. The van der Waals surface area contributed by atoms with Gasteiger partial charge >= 0.3 is 12.0 Å². The van der Waals surface area contributed by atoms with Crippen molar-refractivity contribution in [3.05, 3.63) is 0 Å². The van der Waals surface area contributed by atoms with Crippen molar-refractivity contribution >= 4 is 17.9 Å². The molecule has 0 aromatic carbocycles. The Morgan fingerprint density at radius 1 is 1.29 bits per heavy atom. The molecule has 0 bridgehead atoms. The van der Waals surface area contributed by atoms with E-state index in [0.717, 1.165) is 25.7 Å². The Morgan fingerprint density at radius 2 is 1.86 bits per heavy atom. The van der Waals surface area contributed by atoms with Crippen molar-refractivity contribution in [2.45, 2.75) is 51.6 Å². The molecule has 1 saturated carbocycles. The van der Waals surface area contributed by atoms with Gasteiger partial charge in [-0.25, -0.2) is 9.59 Å². The molecule has 0 aromatic rings. The predicted molar refractivity (Wildman–Crippen MR) is 77.9 cm³/mol. The van der Waals surface area contributed by atoms with Crippen LogP contribution in [-0.4, -0.2) is 65.0 Å². The van der Waals surface area contributed by atoms with Gasteiger partial charge in [0.1, 0.15) is 6.04 Å². The third kappa shape index (κ3) is 4.91. The van der Waals surface area contributed by atoms with Gasteiger partial charge in [0.25, 0.3) is 0 Å². The number of amides is 3. The van der Waals surface area contributed by atoms with E-state index in [2.05, 4.69) is 5.32 Å². The summed E-state index contributed by atoms with van der Waals surface area (Å²) in [5.41, 5.74) is 0. The summed E-state index contributed by atoms with van der Waals surface area (Å²) < 4.78 is 0. The largest absolute Gasteiger partial charge is 0.480 e. The molecule has 21 heavy (non-hydrogen) atoms. The van der Waals surface area contributed by atoms with Crippen LogP contribution >= 0.6 is 0 Å². The van der Waals surface area contributed by atoms with Gasteiger partial charge in [0.05, 0.1) is 0 Å². The van der Waals surface area contributed by atoms with Crippen molar-refractivity contribution in [2.75, 3.05) is 20.1 Å². The monoisotopic (exact) mass is 299 g/mol. The lowest BCUT2D eigenvalue weighted by atomic mass is 10.2. The van der Waals surface area contributed by atoms with Crippen LogP contribution in [0.2, 0.25) is 0 Å². The summed E-state index contributed by atoms with van der Waals surface area (Å²) in [4.78, 5) is 37.6. The third-order valence-corrected chi connectivity index (χ3v) is 3.97. The molecule has 7 nitrogen and oxygen atoms in total. The minimum atomic E-state index is -1.05. The molecule has 1 fully saturated rings. The topological polar surface area (TPSA) is 90.0 Å². The van der Waals surface area contributed by atoms with Crippen molar-refractivity contribution in [3.8, 4) is 0 Å². The Morgan fingerprint density at radius 3 is 2.33 bits per heavy atom. The molecule has 0 aromatic heterocycles. The number of nitrogens with zero attached hydrogens (tertiary/aromatic N) is 2. The Kier molecular flexibility index (Phi) is 6.45. The Labute approximate surface area is 125 Å². The average molecular weight is 299 g/mol. The molecule has 0 saturated heterocycles. The highest BCUT2D eigenvalue weighted by Crippen LogP contribution is 2.23. The number of urea groups is 1. The van der Waals surface area contributed by atoms with E-state index in [9.17, 15) is 14.4 Å². The minimum Gasteiger partial charge on any atom is -0.480 e. The van der Waals surface area contributed by atoms with E-state index in [1.165, 1.54) is 18.7 Å². The van der Waals surface area contributed by atoms with Gasteiger partial charge in [0.15, 0.2) is 0 Å². The molecule has 0 radical (unpaired) electrons. The molecule has 7 heteroatoms. The lowest BCUT2D eigenvalue weighted by Gasteiger charge is -2.34. The third-order valence-electron chi connectivity index (χ3n) is 3.97. The maximum atomic E-state index is 12.5. The highest BCUT2D eigenvalue weighted by Gasteiger charge is 2.31. The van der Waals surface area contributed by atoms with Crippen LogP contribution < -0.4 is 5.32 Å². The first kappa shape index (κ1) is 17.3. The van der Waals surface area contributed by atoms with E-state index in [1.54, 1.807) is 11.9 Å². The molecule has 1 unspecified atom stereocenters. The smallest absolute Gasteiger partial charge is 0.326 e. The van der Waals surface area contributed by atoms with Gasteiger partial charge in [0.2, 0.25) is 5.91 Å². The molecule has 1 aliphatic carbocycles. The predicted octanol–water partition coefficient (Wildman–Crippen LogP) is 0.892. The number of rotatable bonds is 6. The summed E-state index contributed by atoms with van der Waals surface area (Å²) in [6, 6.07) is -1.03. The lowest BCUT2D eigenvalue weighted by molar-refractivity contribution is -0.141. The molecule has 0 heterocycles. The van der Waals surface area contributed by atoms with Crippen molar-refractivity contribution in [3.63, 3.8) is 0 Å². The van der Waals surface area contributed by atoms with Crippen LogP contribution in [0.3, 0.4) is 0 Å². The van der Waals surface area contributed by atoms with E-state index in [0.29, 0.717) is 0 Å². The molecule has 0 aliphatic heterocycles. The first-order valence-electron chi connectivity index (χ1n) is 7.35. The van der Waals surface area contributed by atoms with E-state index in [4.69, 9.17) is 5.11 Å². The normalized spacial score (nSPS) is 16.3. The standard InChI is InChI=1S/C14H25N3O4/c1-10(13(19)20)17(9-8-15-11(2)18)14(21)16(3)12-6-4-5-7-12/h10,12H,4-9H2,1-3H3,(H,15,18)(H,19,20). The number of carbonyl (C=O) groups is 3. The van der Waals surface area contributed by atoms with Crippen LogP contribution in [0.4, 0.5) is 4.79 Å². The summed E-state index contributed by atoms with van der Waals surface area (Å²) in [5.74, 6) is -1.25. The van der Waals surface area contributed by atoms with Gasteiger partial charge in [-0.2, -0.15) is 0 Å². The molecule has 3 amide bonds. The Bertz CT molecular complexity index is 394. The highest BCUT2D eigenvalue weighted by molar-refractivity contribution is 5.82. The first-order valence-corrected chi connectivity index (χ1v) is 7.35. The lowest BCUT2D eigenvalue weighted by Crippen LogP contribution is -2.53. The Balaban J connectivity index is 2.70. The second-order valence-corrected chi connectivity index (χ2v) is 5.52. The zero-order chi connectivity index (χ0) is 16.0. The minimum absolute atomic E-state index is 0.182. The average Bonchev–Trinajstić information content (AvgIpc) is 2.95. The van der Waals surface area contributed by atoms with Crippen LogP contribution in [0.5, 0.6) is 0 Å². The summed E-state index contributed by atoms with van der Waals surface area (Å²) in [7, 11) is 1.72. The van der Waals surface area contributed by atoms with E-state index >= 15 is 0 Å². The van der Waals surface area contributed by atoms with E-state index in [1.807, 2.05) is 0 Å². The molecule has 2 N–H and O–H groups in total. The summed E-state index contributed by atoms with van der Waals surface area (Å²) in [6.45, 7) is 3.30. The number of aliphatic carboxylic acids is 1.